The molecule has 1 unspecified atom stereocenters. The van der Waals surface area contributed by atoms with Gasteiger partial charge in [-0.3, -0.25) is 9.78 Å². The van der Waals surface area contributed by atoms with E-state index in [2.05, 4.69) is 20.3 Å². The van der Waals surface area contributed by atoms with E-state index in [1.807, 2.05) is 24.3 Å². The van der Waals surface area contributed by atoms with Gasteiger partial charge < -0.3 is 10.1 Å². The minimum Gasteiger partial charge on any atom is -0.456 e. The number of halogens is 1. The van der Waals surface area contributed by atoms with Crippen LogP contribution in [-0.4, -0.2) is 20.9 Å². The van der Waals surface area contributed by atoms with Crippen molar-refractivity contribution in [1.29, 1.82) is 0 Å². The molecule has 2 aromatic heterocycles. The highest BCUT2D eigenvalue weighted by molar-refractivity contribution is 6.30. The van der Waals surface area contributed by atoms with Crippen LogP contribution in [0.1, 0.15) is 25.6 Å². The maximum atomic E-state index is 11.1. The van der Waals surface area contributed by atoms with Gasteiger partial charge in [0.15, 0.2) is 0 Å². The van der Waals surface area contributed by atoms with Crippen LogP contribution in [0.2, 0.25) is 5.02 Å². The Morgan fingerprint density at radius 1 is 1.15 bits per heavy atom. The lowest BCUT2D eigenvalue weighted by Gasteiger charge is -2.12. The molecule has 0 amide bonds. The van der Waals surface area contributed by atoms with E-state index >= 15 is 0 Å². The fourth-order valence-corrected chi connectivity index (χ4v) is 2.60. The predicted molar refractivity (Wildman–Crippen MR) is 100 cm³/mol. The number of benzene rings is 1. The third-order valence-corrected chi connectivity index (χ3v) is 3.81. The van der Waals surface area contributed by atoms with Crippen molar-refractivity contribution >= 4 is 29.2 Å². The first-order valence-electron chi connectivity index (χ1n) is 8.00. The fourth-order valence-electron chi connectivity index (χ4n) is 2.41. The van der Waals surface area contributed by atoms with Crippen LogP contribution in [-0.2, 0) is 9.53 Å². The number of hydrogen-bond acceptors (Lipinski definition) is 6. The van der Waals surface area contributed by atoms with Crippen LogP contribution in [0.25, 0.3) is 11.3 Å². The second kappa shape index (κ2) is 7.93. The molecule has 0 aliphatic carbocycles. The molecule has 0 radical (unpaired) electrons. The Balaban J connectivity index is 1.85. The zero-order valence-corrected chi connectivity index (χ0v) is 15.1. The number of esters is 1. The van der Waals surface area contributed by atoms with Crippen LogP contribution in [0, 0.1) is 0 Å². The minimum atomic E-state index is -0.432. The number of ether oxygens (including phenoxy) is 1. The molecule has 1 N–H and O–H groups in total. The Kier molecular flexibility index (Phi) is 5.43. The Bertz CT molecular complexity index is 933. The molecule has 1 aromatic carbocycles. The van der Waals surface area contributed by atoms with Crippen molar-refractivity contribution in [2.24, 2.45) is 0 Å². The Labute approximate surface area is 156 Å². The molecule has 0 spiro atoms. The lowest BCUT2D eigenvalue weighted by molar-refractivity contribution is -0.145. The van der Waals surface area contributed by atoms with E-state index in [1.54, 1.807) is 37.5 Å². The fraction of sp³-hybridized carbons (Fsp3) is 0.158. The molecule has 0 fully saturated rings. The zero-order valence-electron chi connectivity index (χ0n) is 14.3. The number of aromatic nitrogens is 3. The SMILES string of the molecule is CC(=O)OC(C)c1cc(-c2ccnc(Nc3cccc(Cl)c3)n2)ccn1. The molecule has 3 rings (SSSR count). The first kappa shape index (κ1) is 17.8. The van der Waals surface area contributed by atoms with E-state index in [9.17, 15) is 4.79 Å². The number of carbonyl (C=O) groups excluding carboxylic acids is 1. The molecule has 0 saturated carbocycles. The van der Waals surface area contributed by atoms with Crippen LogP contribution in [0.15, 0.2) is 54.9 Å². The van der Waals surface area contributed by atoms with Gasteiger partial charge in [0.1, 0.15) is 6.10 Å². The van der Waals surface area contributed by atoms with Gasteiger partial charge in [0.2, 0.25) is 5.95 Å². The molecule has 2 heterocycles. The van der Waals surface area contributed by atoms with Crippen LogP contribution in [0.3, 0.4) is 0 Å². The monoisotopic (exact) mass is 368 g/mol. The van der Waals surface area contributed by atoms with Gasteiger partial charge in [0.05, 0.1) is 11.4 Å². The van der Waals surface area contributed by atoms with Crippen molar-refractivity contribution in [2.75, 3.05) is 5.32 Å². The highest BCUT2D eigenvalue weighted by Crippen LogP contribution is 2.23. The molecular formula is C19H17ClN4O2. The number of pyridine rings is 1. The lowest BCUT2D eigenvalue weighted by Crippen LogP contribution is -2.06. The van der Waals surface area contributed by atoms with Crippen LogP contribution in [0.4, 0.5) is 11.6 Å². The maximum Gasteiger partial charge on any atom is 0.303 e. The molecule has 6 nitrogen and oxygen atoms in total. The Morgan fingerprint density at radius 3 is 2.73 bits per heavy atom. The van der Waals surface area contributed by atoms with Gasteiger partial charge in [-0.1, -0.05) is 17.7 Å². The average molecular weight is 369 g/mol. The van der Waals surface area contributed by atoms with Crippen molar-refractivity contribution < 1.29 is 9.53 Å². The molecule has 0 aliphatic heterocycles. The third-order valence-electron chi connectivity index (χ3n) is 3.57. The third kappa shape index (κ3) is 4.55. The first-order valence-corrected chi connectivity index (χ1v) is 8.38. The molecule has 7 heteroatoms. The first-order chi connectivity index (χ1) is 12.5. The normalized spacial score (nSPS) is 11.7. The van der Waals surface area contributed by atoms with Crippen molar-refractivity contribution in [3.05, 3.63) is 65.6 Å². The summed E-state index contributed by atoms with van der Waals surface area (Å²) >= 11 is 6.00. The highest BCUT2D eigenvalue weighted by Gasteiger charge is 2.12. The molecule has 3 aromatic rings. The predicted octanol–water partition coefficient (Wildman–Crippen LogP) is 4.56. The molecule has 132 valence electrons. The van der Waals surface area contributed by atoms with Crippen molar-refractivity contribution in [3.8, 4) is 11.3 Å². The highest BCUT2D eigenvalue weighted by atomic mass is 35.5. The van der Waals surface area contributed by atoms with E-state index in [-0.39, 0.29) is 5.97 Å². The minimum absolute atomic E-state index is 0.347. The number of rotatable bonds is 5. The largest absolute Gasteiger partial charge is 0.456 e. The molecule has 0 aliphatic rings. The number of carbonyl (C=O) groups is 1. The van der Waals surface area contributed by atoms with Crippen LogP contribution >= 0.6 is 11.6 Å². The van der Waals surface area contributed by atoms with Gasteiger partial charge in [0.25, 0.3) is 0 Å². The Morgan fingerprint density at radius 2 is 1.96 bits per heavy atom. The van der Waals surface area contributed by atoms with Gasteiger partial charge in [-0.15, -0.1) is 0 Å². The van der Waals surface area contributed by atoms with Crippen molar-refractivity contribution in [2.45, 2.75) is 20.0 Å². The van der Waals surface area contributed by atoms with E-state index in [4.69, 9.17) is 16.3 Å². The lowest BCUT2D eigenvalue weighted by atomic mass is 10.1. The maximum absolute atomic E-state index is 11.1. The number of nitrogens with zero attached hydrogens (tertiary/aromatic N) is 3. The summed E-state index contributed by atoms with van der Waals surface area (Å²) in [6.45, 7) is 3.15. The standard InChI is InChI=1S/C19H17ClN4O2/c1-12(26-13(2)25)18-10-14(6-8-21-18)17-7-9-22-19(24-17)23-16-5-3-4-15(20)11-16/h3-12H,1-2H3,(H,22,23,24). The summed E-state index contributed by atoms with van der Waals surface area (Å²) in [6, 6.07) is 12.8. The van der Waals surface area contributed by atoms with Gasteiger partial charge >= 0.3 is 5.97 Å². The zero-order chi connectivity index (χ0) is 18.5. The van der Waals surface area contributed by atoms with Gasteiger partial charge in [0, 0.05) is 35.6 Å². The summed E-state index contributed by atoms with van der Waals surface area (Å²) in [5.41, 5.74) is 3.03. The number of nitrogens with one attached hydrogen (secondary N) is 1. The smallest absolute Gasteiger partial charge is 0.303 e. The van der Waals surface area contributed by atoms with Gasteiger partial charge in [-0.25, -0.2) is 9.97 Å². The summed E-state index contributed by atoms with van der Waals surface area (Å²) in [7, 11) is 0. The summed E-state index contributed by atoms with van der Waals surface area (Å²) in [5, 5.41) is 3.76. The van der Waals surface area contributed by atoms with Crippen molar-refractivity contribution in [3.63, 3.8) is 0 Å². The quantitative estimate of drug-likeness (QED) is 0.665. The van der Waals surface area contributed by atoms with Crippen molar-refractivity contribution in [1.82, 2.24) is 15.0 Å². The molecule has 1 atom stereocenters. The summed E-state index contributed by atoms with van der Waals surface area (Å²) < 4.78 is 5.18. The van der Waals surface area contributed by atoms with E-state index in [0.717, 1.165) is 16.9 Å². The van der Waals surface area contributed by atoms with E-state index in [0.29, 0.717) is 16.7 Å². The van der Waals surface area contributed by atoms with Crippen LogP contribution < -0.4 is 5.32 Å². The molecule has 26 heavy (non-hydrogen) atoms. The Hall–Kier alpha value is -2.99. The molecule has 0 bridgehead atoms. The van der Waals surface area contributed by atoms with Gasteiger partial charge in [-0.2, -0.15) is 0 Å². The topological polar surface area (TPSA) is 77.0 Å². The summed E-state index contributed by atoms with van der Waals surface area (Å²) in [4.78, 5) is 24.2. The van der Waals surface area contributed by atoms with Crippen LogP contribution in [0.5, 0.6) is 0 Å². The number of anilines is 2. The second-order valence-electron chi connectivity index (χ2n) is 5.62. The second-order valence-corrected chi connectivity index (χ2v) is 6.06. The molecule has 0 saturated heterocycles. The van der Waals surface area contributed by atoms with Gasteiger partial charge in [-0.05, 0) is 43.3 Å². The average Bonchev–Trinajstić information content (AvgIpc) is 2.61. The summed E-state index contributed by atoms with van der Waals surface area (Å²) in [6.07, 6.45) is 2.90. The van der Waals surface area contributed by atoms with E-state index in [1.165, 1.54) is 6.92 Å². The number of hydrogen-bond donors (Lipinski definition) is 1. The summed E-state index contributed by atoms with van der Waals surface area (Å²) in [5.74, 6) is 0.107. The molecular weight excluding hydrogens is 352 g/mol. The van der Waals surface area contributed by atoms with E-state index < -0.39 is 6.10 Å².